The molecule has 0 saturated carbocycles. The number of fused-ring (bicyclic) bond motifs is 1. The minimum Gasteiger partial charge on any atom is -0.449 e. The van der Waals surface area contributed by atoms with Crippen molar-refractivity contribution in [2.24, 2.45) is 5.73 Å². The second kappa shape index (κ2) is 6.16. The Morgan fingerprint density at radius 2 is 2.32 bits per heavy atom. The number of hydrogen-bond donors (Lipinski definition) is 1. The summed E-state index contributed by atoms with van der Waals surface area (Å²) in [7, 11) is 0. The van der Waals surface area contributed by atoms with Crippen LogP contribution in [-0.4, -0.2) is 18.7 Å². The van der Waals surface area contributed by atoms with E-state index in [1.807, 2.05) is 0 Å². The van der Waals surface area contributed by atoms with Gasteiger partial charge in [0.15, 0.2) is 0 Å². The summed E-state index contributed by atoms with van der Waals surface area (Å²) >= 11 is 0. The van der Waals surface area contributed by atoms with Crippen LogP contribution in [0.15, 0.2) is 18.2 Å². The molecule has 1 amide bonds. The molecule has 2 atom stereocenters. The van der Waals surface area contributed by atoms with Crippen LogP contribution in [0.3, 0.4) is 0 Å². The molecule has 122 valence electrons. The van der Waals surface area contributed by atoms with E-state index in [0.29, 0.717) is 0 Å². The molecule has 0 fully saturated rings. The molecule has 1 aromatic carbocycles. The molecule has 0 unspecified atom stereocenters. The third kappa shape index (κ3) is 3.04. The first-order valence-electron chi connectivity index (χ1n) is 9.14. The number of carbonyl (C=O) groups excluding carboxylic acids is 1. The molecule has 1 aliphatic rings. The maximum Gasteiger partial charge on any atom is 0.416 e. The lowest BCUT2D eigenvalue weighted by molar-refractivity contribution is -0.137. The van der Waals surface area contributed by atoms with Gasteiger partial charge in [-0.1, -0.05) is 6.85 Å². The molecular weight excluding hydrogens is 297 g/mol. The standard InChI is InChI=1S/C15H19F3N2O2/c1-3-10-8-12(19)11-7-9(15(16,17)18)5-6-13(11)20(10)14(21)22-4-2/h5-7,10,12H,3-4,8,19H2,1-2H3/t10-,12-/m0/s1/i1D3,3D2. The highest BCUT2D eigenvalue weighted by Gasteiger charge is 2.37. The zero-order valence-electron chi connectivity index (χ0n) is 16.8. The highest BCUT2D eigenvalue weighted by Crippen LogP contribution is 2.40. The second-order valence-electron chi connectivity index (χ2n) is 4.84. The quantitative estimate of drug-likeness (QED) is 0.900. The number of ether oxygens (including phenoxy) is 1. The molecule has 0 aliphatic carbocycles. The van der Waals surface area contributed by atoms with Crippen LogP contribution in [0.4, 0.5) is 23.7 Å². The Morgan fingerprint density at radius 3 is 2.91 bits per heavy atom. The van der Waals surface area contributed by atoms with Crippen LogP contribution in [0.1, 0.15) is 50.6 Å². The molecule has 0 bridgehead atoms. The Kier molecular flexibility index (Phi) is 3.05. The van der Waals surface area contributed by atoms with E-state index in [-0.39, 0.29) is 24.3 Å². The van der Waals surface area contributed by atoms with Crippen molar-refractivity contribution in [2.75, 3.05) is 11.5 Å². The summed E-state index contributed by atoms with van der Waals surface area (Å²) in [5.74, 6) is 0. The van der Waals surface area contributed by atoms with Gasteiger partial charge in [-0.05, 0) is 43.5 Å². The molecule has 1 aliphatic heterocycles. The topological polar surface area (TPSA) is 55.6 Å². The zero-order chi connectivity index (χ0) is 20.8. The Bertz CT molecular complexity index is 724. The van der Waals surface area contributed by atoms with Crippen molar-refractivity contribution in [1.82, 2.24) is 0 Å². The summed E-state index contributed by atoms with van der Waals surface area (Å²) in [6, 6.07) is -0.131. The Balaban J connectivity index is 2.63. The largest absolute Gasteiger partial charge is 0.449 e. The van der Waals surface area contributed by atoms with E-state index in [0.717, 1.165) is 23.1 Å². The van der Waals surface area contributed by atoms with Gasteiger partial charge in [0.25, 0.3) is 0 Å². The number of halogens is 3. The molecule has 0 aromatic heterocycles. The van der Waals surface area contributed by atoms with Crippen LogP contribution >= 0.6 is 0 Å². The zero-order valence-corrected chi connectivity index (χ0v) is 11.8. The van der Waals surface area contributed by atoms with Crippen molar-refractivity contribution in [1.29, 1.82) is 0 Å². The van der Waals surface area contributed by atoms with Crippen molar-refractivity contribution in [2.45, 2.75) is 44.8 Å². The number of rotatable bonds is 2. The minimum absolute atomic E-state index is 0.0320. The van der Waals surface area contributed by atoms with Gasteiger partial charge in [0, 0.05) is 18.9 Å². The molecular formula is C15H19F3N2O2. The van der Waals surface area contributed by atoms with Crippen molar-refractivity contribution in [3.8, 4) is 0 Å². The van der Waals surface area contributed by atoms with Crippen LogP contribution in [0.2, 0.25) is 0 Å². The Hall–Kier alpha value is -1.76. The predicted molar refractivity (Wildman–Crippen MR) is 76.6 cm³/mol. The van der Waals surface area contributed by atoms with E-state index in [1.165, 1.54) is 6.92 Å². The molecule has 2 N–H and O–H groups in total. The van der Waals surface area contributed by atoms with Crippen LogP contribution in [0, 0.1) is 0 Å². The lowest BCUT2D eigenvalue weighted by atomic mass is 9.89. The first kappa shape index (κ1) is 10.9. The lowest BCUT2D eigenvalue weighted by Gasteiger charge is -2.39. The van der Waals surface area contributed by atoms with E-state index in [4.69, 9.17) is 17.3 Å². The maximum absolute atomic E-state index is 13.0. The highest BCUT2D eigenvalue weighted by molar-refractivity contribution is 5.90. The monoisotopic (exact) mass is 321 g/mol. The fourth-order valence-electron chi connectivity index (χ4n) is 2.43. The van der Waals surface area contributed by atoms with Crippen LogP contribution in [-0.2, 0) is 10.9 Å². The predicted octanol–water partition coefficient (Wildman–Crippen LogP) is 3.85. The molecule has 4 nitrogen and oxygen atoms in total. The van der Waals surface area contributed by atoms with Crippen molar-refractivity contribution in [3.05, 3.63) is 29.3 Å². The van der Waals surface area contributed by atoms with Gasteiger partial charge in [-0.15, -0.1) is 0 Å². The summed E-state index contributed by atoms with van der Waals surface area (Å²) in [5.41, 5.74) is 4.82. The number of alkyl halides is 3. The van der Waals surface area contributed by atoms with Crippen LogP contribution in [0.5, 0.6) is 0 Å². The minimum atomic E-state index is -4.63. The fourth-order valence-corrected chi connectivity index (χ4v) is 2.43. The van der Waals surface area contributed by atoms with Gasteiger partial charge < -0.3 is 10.5 Å². The Labute approximate surface area is 134 Å². The van der Waals surface area contributed by atoms with E-state index in [9.17, 15) is 18.0 Å². The third-order valence-electron chi connectivity index (χ3n) is 3.43. The Morgan fingerprint density at radius 1 is 1.59 bits per heavy atom. The lowest BCUT2D eigenvalue weighted by Crippen LogP contribution is -2.46. The number of benzene rings is 1. The van der Waals surface area contributed by atoms with Crippen LogP contribution < -0.4 is 10.6 Å². The van der Waals surface area contributed by atoms with Gasteiger partial charge in [-0.3, -0.25) is 4.90 Å². The van der Waals surface area contributed by atoms with Gasteiger partial charge in [-0.2, -0.15) is 13.2 Å². The number of nitrogens with two attached hydrogens (primary N) is 1. The molecule has 1 heterocycles. The summed E-state index contributed by atoms with van der Waals surface area (Å²) in [6.45, 7) is -1.68. The average Bonchev–Trinajstić information content (AvgIpc) is 2.52. The van der Waals surface area contributed by atoms with E-state index in [1.54, 1.807) is 0 Å². The normalized spacial score (nSPS) is 26.0. The van der Waals surface area contributed by atoms with Crippen molar-refractivity contribution < 1.29 is 29.6 Å². The molecule has 2 rings (SSSR count). The molecule has 0 saturated heterocycles. The van der Waals surface area contributed by atoms with E-state index < -0.39 is 43.1 Å². The van der Waals surface area contributed by atoms with Crippen LogP contribution in [0.25, 0.3) is 0 Å². The number of carbonyl (C=O) groups is 1. The molecule has 7 heteroatoms. The van der Waals surface area contributed by atoms with Gasteiger partial charge in [-0.25, -0.2) is 4.79 Å². The smallest absolute Gasteiger partial charge is 0.416 e. The first-order chi connectivity index (χ1) is 12.2. The van der Waals surface area contributed by atoms with Gasteiger partial charge in [0.05, 0.1) is 17.9 Å². The van der Waals surface area contributed by atoms with Crippen molar-refractivity contribution >= 4 is 11.8 Å². The first-order valence-corrected chi connectivity index (χ1v) is 6.64. The molecule has 22 heavy (non-hydrogen) atoms. The van der Waals surface area contributed by atoms with Gasteiger partial charge in [0.2, 0.25) is 0 Å². The fraction of sp³-hybridized carbons (Fsp3) is 0.533. The summed E-state index contributed by atoms with van der Waals surface area (Å²) in [6.07, 6.45) is -8.92. The van der Waals surface area contributed by atoms with Gasteiger partial charge >= 0.3 is 12.3 Å². The number of anilines is 1. The number of amides is 1. The van der Waals surface area contributed by atoms with E-state index in [2.05, 4.69) is 0 Å². The third-order valence-corrected chi connectivity index (χ3v) is 3.43. The number of hydrogen-bond acceptors (Lipinski definition) is 3. The maximum atomic E-state index is 13.0. The molecule has 0 spiro atoms. The highest BCUT2D eigenvalue weighted by atomic mass is 19.4. The number of nitrogens with zero attached hydrogens (tertiary/aromatic N) is 1. The van der Waals surface area contributed by atoms with Crippen molar-refractivity contribution in [3.63, 3.8) is 0 Å². The van der Waals surface area contributed by atoms with Gasteiger partial charge in [0.1, 0.15) is 0 Å². The summed E-state index contributed by atoms with van der Waals surface area (Å²) < 4.78 is 82.3. The summed E-state index contributed by atoms with van der Waals surface area (Å²) in [4.78, 5) is 13.2. The molecule has 0 radical (unpaired) electrons. The molecule has 1 aromatic rings. The second-order valence-corrected chi connectivity index (χ2v) is 4.84. The van der Waals surface area contributed by atoms with E-state index >= 15 is 0 Å². The average molecular weight is 321 g/mol. The SMILES string of the molecule is [2H]C([2H])([2H])C([2H])([2H])[C@H]1C[C@H](N)c2cc(C(F)(F)F)ccc2N1C(=O)OCC. The summed E-state index contributed by atoms with van der Waals surface area (Å²) in [5, 5.41) is 0.